The normalized spacial score (nSPS) is 29.9. The molecule has 6 nitrogen and oxygen atoms in total. The van der Waals surface area contributed by atoms with Gasteiger partial charge in [0.1, 0.15) is 11.4 Å². The van der Waals surface area contributed by atoms with Crippen molar-refractivity contribution >= 4 is 17.8 Å². The van der Waals surface area contributed by atoms with Gasteiger partial charge >= 0.3 is 5.97 Å². The Morgan fingerprint density at radius 1 is 1.03 bits per heavy atom. The summed E-state index contributed by atoms with van der Waals surface area (Å²) in [7, 11) is 2.82. The number of imide groups is 1. The third-order valence-electron chi connectivity index (χ3n) is 7.20. The molecule has 0 saturated carbocycles. The minimum absolute atomic E-state index is 0.250. The van der Waals surface area contributed by atoms with Crippen LogP contribution in [0.5, 0.6) is 0 Å². The number of amides is 2. The standard InChI is InChI=1S/C24H23FN2O4/c1-26-21(28)18-19(22(26)29)24(23(30)31-2)12-3-13-27(24)20(18)16-6-4-14(5-7-16)15-8-10-17(25)11-9-15/h4-11,18-20H,3,12-13H2,1-2H3/t18?,19?,20?,24-/m0/s1. The molecule has 2 amide bonds. The van der Waals surface area contributed by atoms with Crippen LogP contribution < -0.4 is 0 Å². The molecule has 0 spiro atoms. The molecule has 0 aliphatic carbocycles. The Morgan fingerprint density at radius 2 is 1.65 bits per heavy atom. The molecule has 31 heavy (non-hydrogen) atoms. The Labute approximate surface area is 179 Å². The van der Waals surface area contributed by atoms with Crippen LogP contribution >= 0.6 is 0 Å². The number of fused-ring (bicyclic) bond motifs is 3. The van der Waals surface area contributed by atoms with Crippen molar-refractivity contribution in [2.75, 3.05) is 20.7 Å². The summed E-state index contributed by atoms with van der Waals surface area (Å²) in [6, 6.07) is 13.6. The predicted molar refractivity (Wildman–Crippen MR) is 110 cm³/mol. The summed E-state index contributed by atoms with van der Waals surface area (Å²) in [6.45, 7) is 0.622. The first kappa shape index (κ1) is 19.9. The van der Waals surface area contributed by atoms with Gasteiger partial charge < -0.3 is 4.74 Å². The minimum atomic E-state index is -1.10. The molecule has 0 radical (unpaired) electrons. The van der Waals surface area contributed by atoms with Crippen LogP contribution in [0.25, 0.3) is 11.1 Å². The van der Waals surface area contributed by atoms with Crippen LogP contribution in [0.3, 0.4) is 0 Å². The van der Waals surface area contributed by atoms with E-state index < -0.39 is 23.3 Å². The van der Waals surface area contributed by atoms with Crippen LogP contribution in [-0.2, 0) is 19.1 Å². The van der Waals surface area contributed by atoms with Crippen molar-refractivity contribution in [3.63, 3.8) is 0 Å². The van der Waals surface area contributed by atoms with Gasteiger partial charge in [0.25, 0.3) is 0 Å². The van der Waals surface area contributed by atoms with Gasteiger partial charge in [-0.1, -0.05) is 36.4 Å². The van der Waals surface area contributed by atoms with Gasteiger partial charge in [0.15, 0.2) is 0 Å². The molecule has 3 fully saturated rings. The lowest BCUT2D eigenvalue weighted by atomic mass is 9.77. The molecule has 3 saturated heterocycles. The molecule has 5 rings (SSSR count). The van der Waals surface area contributed by atoms with Gasteiger partial charge in [0, 0.05) is 13.1 Å². The van der Waals surface area contributed by atoms with Gasteiger partial charge in [-0.2, -0.15) is 0 Å². The average molecular weight is 422 g/mol. The van der Waals surface area contributed by atoms with Gasteiger partial charge in [-0.05, 0) is 48.2 Å². The molecule has 4 atom stereocenters. The highest BCUT2D eigenvalue weighted by atomic mass is 19.1. The Hall–Kier alpha value is -3.06. The van der Waals surface area contributed by atoms with Crippen molar-refractivity contribution in [3.05, 3.63) is 59.9 Å². The largest absolute Gasteiger partial charge is 0.468 e. The average Bonchev–Trinajstić information content (AvgIpc) is 3.40. The van der Waals surface area contributed by atoms with Crippen LogP contribution in [0.1, 0.15) is 24.4 Å². The van der Waals surface area contributed by atoms with E-state index in [1.807, 2.05) is 29.2 Å². The molecular formula is C24H23FN2O4. The van der Waals surface area contributed by atoms with Gasteiger partial charge in [0.2, 0.25) is 11.8 Å². The second-order valence-electron chi connectivity index (χ2n) is 8.53. The lowest BCUT2D eigenvalue weighted by Gasteiger charge is -2.35. The van der Waals surface area contributed by atoms with E-state index in [1.165, 1.54) is 26.3 Å². The van der Waals surface area contributed by atoms with E-state index in [9.17, 15) is 18.8 Å². The van der Waals surface area contributed by atoms with Crippen molar-refractivity contribution in [3.8, 4) is 11.1 Å². The van der Waals surface area contributed by atoms with Gasteiger partial charge in [-0.15, -0.1) is 0 Å². The number of hydrogen-bond acceptors (Lipinski definition) is 5. The highest BCUT2D eigenvalue weighted by Gasteiger charge is 2.72. The molecule has 3 unspecified atom stereocenters. The van der Waals surface area contributed by atoms with Crippen LogP contribution in [-0.4, -0.2) is 53.8 Å². The van der Waals surface area contributed by atoms with E-state index >= 15 is 0 Å². The monoisotopic (exact) mass is 422 g/mol. The van der Waals surface area contributed by atoms with E-state index in [1.54, 1.807) is 12.1 Å². The SMILES string of the molecule is COC(=O)[C@@]12CCCN1C(c1ccc(-c3ccc(F)cc3)cc1)C1C(=O)N(C)C(=O)C12. The number of benzene rings is 2. The van der Waals surface area contributed by atoms with Crippen molar-refractivity contribution in [1.82, 2.24) is 9.80 Å². The first-order chi connectivity index (χ1) is 14.9. The molecule has 7 heteroatoms. The second kappa shape index (κ2) is 6.99. The summed E-state index contributed by atoms with van der Waals surface area (Å²) in [6.07, 6.45) is 1.26. The number of halogens is 1. The Bertz CT molecular complexity index is 1070. The summed E-state index contributed by atoms with van der Waals surface area (Å²) >= 11 is 0. The van der Waals surface area contributed by atoms with Crippen molar-refractivity contribution in [2.24, 2.45) is 11.8 Å². The number of rotatable bonds is 3. The zero-order valence-corrected chi connectivity index (χ0v) is 17.4. The van der Waals surface area contributed by atoms with E-state index in [-0.39, 0.29) is 23.7 Å². The molecule has 0 aromatic heterocycles. The zero-order chi connectivity index (χ0) is 21.9. The molecule has 2 aromatic rings. The molecule has 3 aliphatic rings. The summed E-state index contributed by atoms with van der Waals surface area (Å²) in [5, 5.41) is 0. The highest BCUT2D eigenvalue weighted by molar-refractivity contribution is 6.09. The number of likely N-dealkylation sites (tertiary alicyclic amines) is 1. The Morgan fingerprint density at radius 3 is 2.26 bits per heavy atom. The predicted octanol–water partition coefficient (Wildman–Crippen LogP) is 2.79. The topological polar surface area (TPSA) is 66.9 Å². The molecule has 2 aromatic carbocycles. The van der Waals surface area contributed by atoms with Crippen molar-refractivity contribution in [2.45, 2.75) is 24.4 Å². The maximum atomic E-state index is 13.2. The lowest BCUT2D eigenvalue weighted by Crippen LogP contribution is -2.54. The van der Waals surface area contributed by atoms with Gasteiger partial charge in [-0.25, -0.2) is 4.39 Å². The van der Waals surface area contributed by atoms with Crippen LogP contribution in [0.2, 0.25) is 0 Å². The van der Waals surface area contributed by atoms with Gasteiger partial charge in [0.05, 0.1) is 18.9 Å². The third-order valence-corrected chi connectivity index (χ3v) is 7.20. The number of methoxy groups -OCH3 is 1. The Kier molecular flexibility index (Phi) is 4.48. The molecule has 3 aliphatic heterocycles. The number of ether oxygens (including phenoxy) is 1. The Balaban J connectivity index is 1.58. The molecule has 0 N–H and O–H groups in total. The molecule has 3 heterocycles. The minimum Gasteiger partial charge on any atom is -0.468 e. The number of carbonyl (C=O) groups is 3. The van der Waals surface area contributed by atoms with E-state index in [0.717, 1.165) is 28.0 Å². The number of carbonyl (C=O) groups excluding carboxylic acids is 3. The summed E-state index contributed by atoms with van der Waals surface area (Å²) < 4.78 is 18.4. The van der Waals surface area contributed by atoms with E-state index in [0.29, 0.717) is 13.0 Å². The van der Waals surface area contributed by atoms with Crippen LogP contribution in [0.15, 0.2) is 48.5 Å². The smallest absolute Gasteiger partial charge is 0.327 e. The fourth-order valence-electron chi connectivity index (χ4n) is 5.86. The highest BCUT2D eigenvalue weighted by Crippen LogP contribution is 2.59. The van der Waals surface area contributed by atoms with Crippen molar-refractivity contribution in [1.29, 1.82) is 0 Å². The summed E-state index contributed by atoms with van der Waals surface area (Å²) in [4.78, 5) is 42.3. The number of esters is 1. The first-order valence-electron chi connectivity index (χ1n) is 10.4. The zero-order valence-electron chi connectivity index (χ0n) is 17.4. The number of nitrogens with zero attached hydrogens (tertiary/aromatic N) is 2. The summed E-state index contributed by atoms with van der Waals surface area (Å²) in [5.41, 5.74) is 1.58. The van der Waals surface area contributed by atoms with Gasteiger partial charge in [-0.3, -0.25) is 24.2 Å². The fraction of sp³-hybridized carbons (Fsp3) is 0.375. The molecule has 0 bridgehead atoms. The van der Waals surface area contributed by atoms with Crippen LogP contribution in [0.4, 0.5) is 4.39 Å². The van der Waals surface area contributed by atoms with E-state index in [2.05, 4.69) is 0 Å². The first-order valence-corrected chi connectivity index (χ1v) is 10.4. The maximum absolute atomic E-state index is 13.2. The molecule has 160 valence electrons. The number of hydrogen-bond donors (Lipinski definition) is 0. The second-order valence-corrected chi connectivity index (χ2v) is 8.53. The summed E-state index contributed by atoms with van der Waals surface area (Å²) in [5.74, 6) is -2.64. The van der Waals surface area contributed by atoms with E-state index in [4.69, 9.17) is 4.74 Å². The van der Waals surface area contributed by atoms with Crippen molar-refractivity contribution < 1.29 is 23.5 Å². The fourth-order valence-corrected chi connectivity index (χ4v) is 5.86. The lowest BCUT2D eigenvalue weighted by molar-refractivity contribution is -0.158. The quantitative estimate of drug-likeness (QED) is 0.562. The molecular weight excluding hydrogens is 399 g/mol. The van der Waals surface area contributed by atoms with Crippen LogP contribution in [0, 0.1) is 17.7 Å². The maximum Gasteiger partial charge on any atom is 0.327 e. The third kappa shape index (κ3) is 2.62.